The van der Waals surface area contributed by atoms with E-state index in [-0.39, 0.29) is 5.69 Å². The maximum absolute atomic E-state index is 10.6. The summed E-state index contributed by atoms with van der Waals surface area (Å²) in [6, 6.07) is 16.8. The molecule has 0 radical (unpaired) electrons. The maximum atomic E-state index is 10.6. The molecule has 5 nitrogen and oxygen atoms in total. The van der Waals surface area contributed by atoms with Crippen LogP contribution < -0.4 is 0 Å². The molecular weight excluding hydrogens is 254 g/mol. The molecule has 0 amide bonds. The number of nitro benzene ring substituents is 1. The van der Waals surface area contributed by atoms with Crippen molar-refractivity contribution in [3.8, 4) is 12.1 Å². The molecule has 0 saturated carbocycles. The van der Waals surface area contributed by atoms with E-state index < -0.39 is 10.8 Å². The van der Waals surface area contributed by atoms with Gasteiger partial charge in [-0.2, -0.15) is 10.5 Å². The lowest BCUT2D eigenvalue weighted by atomic mass is 9.89. The summed E-state index contributed by atoms with van der Waals surface area (Å²) >= 11 is 0. The molecular formula is C15H9N3O2. The number of nitriles is 2. The Balaban J connectivity index is 2.46. The Morgan fingerprint density at radius 3 is 2.25 bits per heavy atom. The van der Waals surface area contributed by atoms with Gasteiger partial charge in [0.15, 0.2) is 0 Å². The highest BCUT2D eigenvalue weighted by molar-refractivity contribution is 5.48. The largest absolute Gasteiger partial charge is 0.269 e. The summed E-state index contributed by atoms with van der Waals surface area (Å²) in [5, 5.41) is 29.0. The van der Waals surface area contributed by atoms with Gasteiger partial charge in [-0.15, -0.1) is 0 Å². The highest BCUT2D eigenvalue weighted by atomic mass is 16.6. The van der Waals surface area contributed by atoms with Crippen molar-refractivity contribution < 1.29 is 4.92 Å². The minimum atomic E-state index is -0.619. The van der Waals surface area contributed by atoms with E-state index in [0.29, 0.717) is 16.7 Å². The molecule has 2 aromatic rings. The van der Waals surface area contributed by atoms with Gasteiger partial charge in [0.1, 0.15) is 0 Å². The lowest BCUT2D eigenvalue weighted by molar-refractivity contribution is -0.384. The fraction of sp³-hybridized carbons (Fsp3) is 0.0667. The second-order valence-corrected chi connectivity index (χ2v) is 4.11. The number of nitro groups is 1. The molecule has 0 aliphatic rings. The Morgan fingerprint density at radius 1 is 1.05 bits per heavy atom. The average molecular weight is 263 g/mol. The van der Waals surface area contributed by atoms with Crippen LogP contribution in [0.5, 0.6) is 0 Å². The summed E-state index contributed by atoms with van der Waals surface area (Å²) < 4.78 is 0. The first-order valence-electron chi connectivity index (χ1n) is 5.80. The molecule has 0 N–H and O–H groups in total. The predicted molar refractivity (Wildman–Crippen MR) is 71.7 cm³/mol. The third-order valence-corrected chi connectivity index (χ3v) is 2.96. The monoisotopic (exact) mass is 263 g/mol. The van der Waals surface area contributed by atoms with Gasteiger partial charge in [0.2, 0.25) is 0 Å². The van der Waals surface area contributed by atoms with Crippen LogP contribution in [0.2, 0.25) is 0 Å². The number of rotatable bonds is 3. The lowest BCUT2D eigenvalue weighted by Gasteiger charge is -2.11. The molecule has 0 unspecified atom stereocenters. The zero-order chi connectivity index (χ0) is 14.5. The van der Waals surface area contributed by atoms with Crippen molar-refractivity contribution >= 4 is 5.69 Å². The molecule has 0 spiro atoms. The van der Waals surface area contributed by atoms with Crippen molar-refractivity contribution in [1.82, 2.24) is 0 Å². The Bertz CT molecular complexity index is 724. The van der Waals surface area contributed by atoms with Crippen LogP contribution in [0.4, 0.5) is 5.69 Å². The zero-order valence-corrected chi connectivity index (χ0v) is 10.4. The van der Waals surface area contributed by atoms with Gasteiger partial charge in [-0.1, -0.05) is 30.3 Å². The van der Waals surface area contributed by atoms with E-state index in [4.69, 9.17) is 5.26 Å². The summed E-state index contributed by atoms with van der Waals surface area (Å²) in [5.74, 6) is -0.619. The van der Waals surface area contributed by atoms with Crippen LogP contribution >= 0.6 is 0 Å². The predicted octanol–water partition coefficient (Wildman–Crippen LogP) is 3.12. The lowest BCUT2D eigenvalue weighted by Crippen LogP contribution is -2.01. The first kappa shape index (κ1) is 13.3. The fourth-order valence-electron chi connectivity index (χ4n) is 1.96. The molecule has 96 valence electrons. The van der Waals surface area contributed by atoms with E-state index in [2.05, 4.69) is 12.1 Å². The smallest absolute Gasteiger partial charge is 0.258 e. The molecule has 2 aromatic carbocycles. The van der Waals surface area contributed by atoms with Gasteiger partial charge in [0.05, 0.1) is 28.5 Å². The topological polar surface area (TPSA) is 90.7 Å². The summed E-state index contributed by atoms with van der Waals surface area (Å²) in [6.07, 6.45) is 0. The van der Waals surface area contributed by atoms with E-state index in [1.807, 2.05) is 0 Å². The van der Waals surface area contributed by atoms with Gasteiger partial charge in [0, 0.05) is 12.1 Å². The highest BCUT2D eigenvalue weighted by Gasteiger charge is 2.17. The Labute approximate surface area is 115 Å². The number of benzene rings is 2. The van der Waals surface area contributed by atoms with Crippen molar-refractivity contribution in [2.24, 2.45) is 0 Å². The van der Waals surface area contributed by atoms with E-state index in [9.17, 15) is 15.4 Å². The SMILES string of the molecule is N#Cc1ccccc1[C@@H](C#N)c1ccc([N+](=O)[O-])cc1. The Hall–Kier alpha value is -3.18. The van der Waals surface area contributed by atoms with Crippen LogP contribution in [0.25, 0.3) is 0 Å². The average Bonchev–Trinajstić information content (AvgIpc) is 2.49. The minimum absolute atomic E-state index is 0.0287. The molecule has 0 saturated heterocycles. The molecule has 1 atom stereocenters. The molecule has 5 heteroatoms. The number of hydrogen-bond donors (Lipinski definition) is 0. The summed E-state index contributed by atoms with van der Waals surface area (Å²) in [7, 11) is 0. The zero-order valence-electron chi connectivity index (χ0n) is 10.4. The van der Waals surface area contributed by atoms with Gasteiger partial charge in [-0.3, -0.25) is 10.1 Å². The minimum Gasteiger partial charge on any atom is -0.258 e. The van der Waals surface area contributed by atoms with Crippen LogP contribution in [0.3, 0.4) is 0 Å². The molecule has 20 heavy (non-hydrogen) atoms. The van der Waals surface area contributed by atoms with Crippen molar-refractivity contribution in [1.29, 1.82) is 10.5 Å². The molecule has 0 heterocycles. The van der Waals surface area contributed by atoms with Crippen LogP contribution in [0.1, 0.15) is 22.6 Å². The van der Waals surface area contributed by atoms with Crippen molar-refractivity contribution in [3.63, 3.8) is 0 Å². The van der Waals surface area contributed by atoms with Crippen LogP contribution in [0, 0.1) is 32.8 Å². The molecule has 0 bridgehead atoms. The second-order valence-electron chi connectivity index (χ2n) is 4.11. The molecule has 0 aliphatic heterocycles. The second kappa shape index (κ2) is 5.64. The number of hydrogen-bond acceptors (Lipinski definition) is 4. The molecule has 2 rings (SSSR count). The number of non-ortho nitro benzene ring substituents is 1. The van der Waals surface area contributed by atoms with Gasteiger partial charge in [-0.05, 0) is 17.2 Å². The molecule has 0 aliphatic carbocycles. The fourth-order valence-corrected chi connectivity index (χ4v) is 1.96. The quantitative estimate of drug-likeness (QED) is 0.628. The maximum Gasteiger partial charge on any atom is 0.269 e. The first-order valence-corrected chi connectivity index (χ1v) is 5.80. The first-order chi connectivity index (χ1) is 9.67. The Morgan fingerprint density at radius 2 is 1.70 bits per heavy atom. The molecule has 0 aromatic heterocycles. The van der Waals surface area contributed by atoms with Crippen LogP contribution in [0.15, 0.2) is 48.5 Å². The third-order valence-electron chi connectivity index (χ3n) is 2.96. The van der Waals surface area contributed by atoms with Gasteiger partial charge in [-0.25, -0.2) is 0 Å². The highest BCUT2D eigenvalue weighted by Crippen LogP contribution is 2.27. The summed E-state index contributed by atoms with van der Waals surface area (Å²) in [4.78, 5) is 10.1. The van der Waals surface area contributed by atoms with Gasteiger partial charge >= 0.3 is 0 Å². The van der Waals surface area contributed by atoms with E-state index in [1.54, 1.807) is 36.4 Å². The van der Waals surface area contributed by atoms with Crippen LogP contribution in [-0.2, 0) is 0 Å². The van der Waals surface area contributed by atoms with Crippen LogP contribution in [-0.4, -0.2) is 4.92 Å². The summed E-state index contributed by atoms with van der Waals surface area (Å²) in [6.45, 7) is 0. The van der Waals surface area contributed by atoms with Gasteiger partial charge in [0.25, 0.3) is 5.69 Å². The van der Waals surface area contributed by atoms with E-state index in [0.717, 1.165) is 0 Å². The van der Waals surface area contributed by atoms with E-state index in [1.165, 1.54) is 12.1 Å². The van der Waals surface area contributed by atoms with Crippen molar-refractivity contribution in [2.45, 2.75) is 5.92 Å². The van der Waals surface area contributed by atoms with Gasteiger partial charge < -0.3 is 0 Å². The number of nitrogens with zero attached hydrogens (tertiary/aromatic N) is 3. The van der Waals surface area contributed by atoms with E-state index >= 15 is 0 Å². The molecule has 0 fully saturated rings. The normalized spacial score (nSPS) is 11.1. The van der Waals surface area contributed by atoms with Crippen molar-refractivity contribution in [3.05, 3.63) is 75.3 Å². The Kier molecular flexibility index (Phi) is 3.74. The third kappa shape index (κ3) is 2.47. The summed E-state index contributed by atoms with van der Waals surface area (Å²) in [5.41, 5.74) is 1.63. The van der Waals surface area contributed by atoms with Crippen molar-refractivity contribution in [2.75, 3.05) is 0 Å². The standard InChI is InChI=1S/C15H9N3O2/c16-9-12-3-1-2-4-14(12)15(10-17)11-5-7-13(8-6-11)18(19)20/h1-8,15H/t15-/m0/s1.